The number of ether oxygens (including phenoxy) is 1. The molecule has 0 bridgehead atoms. The lowest BCUT2D eigenvalue weighted by Crippen LogP contribution is -2.32. The zero-order valence-electron chi connectivity index (χ0n) is 13.2. The summed E-state index contributed by atoms with van der Waals surface area (Å²) in [6.45, 7) is 1.91. The number of nitrogens with zero attached hydrogens (tertiary/aromatic N) is 2. The number of anilines is 1. The SMILES string of the molecule is CCCCCC#Cc1cn(C2OC(CO)CC2O)c(=O)nc1N. The predicted molar refractivity (Wildman–Crippen MR) is 85.5 cm³/mol. The van der Waals surface area contributed by atoms with E-state index >= 15 is 0 Å². The smallest absolute Gasteiger partial charge is 0.351 e. The number of aromatic nitrogens is 2. The van der Waals surface area contributed by atoms with Crippen LogP contribution in [-0.2, 0) is 4.74 Å². The summed E-state index contributed by atoms with van der Waals surface area (Å²) in [6, 6.07) is 0. The molecule has 1 fully saturated rings. The highest BCUT2D eigenvalue weighted by Crippen LogP contribution is 2.27. The third-order valence-corrected chi connectivity index (χ3v) is 3.75. The Bertz CT molecular complexity index is 647. The van der Waals surface area contributed by atoms with Gasteiger partial charge in [0.2, 0.25) is 0 Å². The average Bonchev–Trinajstić information content (AvgIpc) is 2.90. The standard InChI is InChI=1S/C16H23N3O4/c1-2-3-4-5-6-7-11-9-19(16(22)18-14(11)17)15-13(21)8-12(10-20)23-15/h9,12-13,15,20-21H,2-5,8,10H2,1H3,(H2,17,18,22). The van der Waals surface area contributed by atoms with Crippen molar-refractivity contribution < 1.29 is 14.9 Å². The summed E-state index contributed by atoms with van der Waals surface area (Å²) in [5.41, 5.74) is 5.57. The summed E-state index contributed by atoms with van der Waals surface area (Å²) >= 11 is 0. The molecule has 0 amide bonds. The van der Waals surface area contributed by atoms with Crippen LogP contribution in [0.3, 0.4) is 0 Å². The Kier molecular flexibility index (Phi) is 6.16. The molecule has 7 nitrogen and oxygen atoms in total. The zero-order valence-corrected chi connectivity index (χ0v) is 13.2. The Labute approximate surface area is 135 Å². The van der Waals surface area contributed by atoms with Crippen LogP contribution in [0, 0.1) is 11.8 Å². The fraction of sp³-hybridized carbons (Fsp3) is 0.625. The van der Waals surface area contributed by atoms with Crippen molar-refractivity contribution in [3.63, 3.8) is 0 Å². The summed E-state index contributed by atoms with van der Waals surface area (Å²) < 4.78 is 6.66. The second kappa shape index (κ2) is 8.11. The van der Waals surface area contributed by atoms with E-state index in [2.05, 4.69) is 23.7 Å². The number of hydrogen-bond acceptors (Lipinski definition) is 6. The number of unbranched alkanes of at least 4 members (excludes halogenated alkanes) is 3. The van der Waals surface area contributed by atoms with Crippen molar-refractivity contribution in [1.82, 2.24) is 9.55 Å². The topological polar surface area (TPSA) is 111 Å². The molecule has 0 saturated carbocycles. The van der Waals surface area contributed by atoms with Crippen LogP contribution in [0.15, 0.2) is 11.0 Å². The van der Waals surface area contributed by atoms with Crippen LogP contribution in [0.4, 0.5) is 5.82 Å². The number of hydrogen-bond donors (Lipinski definition) is 3. The Hall–Kier alpha value is -1.88. The minimum Gasteiger partial charge on any atom is -0.394 e. The lowest BCUT2D eigenvalue weighted by Gasteiger charge is -2.17. The van der Waals surface area contributed by atoms with Gasteiger partial charge in [-0.15, -0.1) is 0 Å². The largest absolute Gasteiger partial charge is 0.394 e. The molecule has 0 radical (unpaired) electrons. The number of aliphatic hydroxyl groups excluding tert-OH is 2. The van der Waals surface area contributed by atoms with Crippen LogP contribution in [0.5, 0.6) is 0 Å². The quantitative estimate of drug-likeness (QED) is 0.535. The van der Waals surface area contributed by atoms with Gasteiger partial charge in [-0.3, -0.25) is 4.57 Å². The molecule has 1 aromatic rings. The van der Waals surface area contributed by atoms with Gasteiger partial charge in [0.25, 0.3) is 0 Å². The Morgan fingerprint density at radius 2 is 2.30 bits per heavy atom. The monoisotopic (exact) mass is 321 g/mol. The van der Waals surface area contributed by atoms with Crippen molar-refractivity contribution in [2.45, 2.75) is 57.5 Å². The van der Waals surface area contributed by atoms with E-state index in [1.165, 1.54) is 10.8 Å². The minimum atomic E-state index is -0.888. The van der Waals surface area contributed by atoms with Gasteiger partial charge >= 0.3 is 5.69 Å². The van der Waals surface area contributed by atoms with Crippen molar-refractivity contribution in [2.75, 3.05) is 12.3 Å². The average molecular weight is 321 g/mol. The molecule has 2 rings (SSSR count). The van der Waals surface area contributed by atoms with Crippen molar-refractivity contribution in [1.29, 1.82) is 0 Å². The fourth-order valence-corrected chi connectivity index (χ4v) is 2.48. The molecule has 0 aromatic carbocycles. The summed E-state index contributed by atoms with van der Waals surface area (Å²) in [5, 5.41) is 19.1. The molecular weight excluding hydrogens is 298 g/mol. The van der Waals surface area contributed by atoms with E-state index < -0.39 is 24.1 Å². The molecule has 2 heterocycles. The van der Waals surface area contributed by atoms with Crippen molar-refractivity contribution in [3.05, 3.63) is 22.2 Å². The van der Waals surface area contributed by atoms with Gasteiger partial charge < -0.3 is 20.7 Å². The van der Waals surface area contributed by atoms with Gasteiger partial charge in [-0.2, -0.15) is 4.98 Å². The molecule has 1 aliphatic rings. The van der Waals surface area contributed by atoms with E-state index in [4.69, 9.17) is 15.6 Å². The van der Waals surface area contributed by atoms with E-state index in [0.29, 0.717) is 5.56 Å². The van der Waals surface area contributed by atoms with Gasteiger partial charge in [0.15, 0.2) is 6.23 Å². The van der Waals surface area contributed by atoms with Gasteiger partial charge in [-0.1, -0.05) is 31.6 Å². The van der Waals surface area contributed by atoms with Gasteiger partial charge in [-0.05, 0) is 6.42 Å². The molecule has 7 heteroatoms. The number of nitrogen functional groups attached to an aromatic ring is 1. The van der Waals surface area contributed by atoms with E-state index in [1.807, 2.05) is 0 Å². The highest BCUT2D eigenvalue weighted by molar-refractivity contribution is 5.48. The number of rotatable bonds is 5. The Morgan fingerprint density at radius 3 is 2.96 bits per heavy atom. The third kappa shape index (κ3) is 4.32. The van der Waals surface area contributed by atoms with Gasteiger partial charge in [0, 0.05) is 19.0 Å². The molecule has 1 aromatic heterocycles. The molecule has 4 N–H and O–H groups in total. The van der Waals surface area contributed by atoms with Gasteiger partial charge in [0.1, 0.15) is 11.9 Å². The van der Waals surface area contributed by atoms with E-state index in [9.17, 15) is 9.90 Å². The first-order chi connectivity index (χ1) is 11.1. The number of nitrogens with two attached hydrogens (primary N) is 1. The Morgan fingerprint density at radius 1 is 1.52 bits per heavy atom. The lowest BCUT2D eigenvalue weighted by molar-refractivity contribution is -0.0529. The highest BCUT2D eigenvalue weighted by atomic mass is 16.5. The maximum Gasteiger partial charge on any atom is 0.351 e. The second-order valence-corrected chi connectivity index (χ2v) is 5.62. The highest BCUT2D eigenvalue weighted by Gasteiger charge is 2.35. The van der Waals surface area contributed by atoms with Crippen LogP contribution in [-0.4, -0.2) is 38.6 Å². The summed E-state index contributed by atoms with van der Waals surface area (Å²) in [6.07, 6.45) is 3.46. The maximum absolute atomic E-state index is 12.0. The molecule has 126 valence electrons. The molecular formula is C16H23N3O4. The van der Waals surface area contributed by atoms with Crippen LogP contribution < -0.4 is 11.4 Å². The van der Waals surface area contributed by atoms with Crippen LogP contribution in [0.1, 0.15) is 50.8 Å². The fourth-order valence-electron chi connectivity index (χ4n) is 2.48. The third-order valence-electron chi connectivity index (χ3n) is 3.75. The molecule has 3 atom stereocenters. The summed E-state index contributed by atoms with van der Waals surface area (Å²) in [5.74, 6) is 6.01. The normalized spacial score (nSPS) is 23.5. The number of aliphatic hydroxyl groups is 2. The van der Waals surface area contributed by atoms with E-state index in [1.54, 1.807) is 0 Å². The van der Waals surface area contributed by atoms with Gasteiger partial charge in [0.05, 0.1) is 18.3 Å². The Balaban J connectivity index is 2.21. The van der Waals surface area contributed by atoms with Crippen LogP contribution in [0.2, 0.25) is 0 Å². The van der Waals surface area contributed by atoms with Crippen molar-refractivity contribution in [3.8, 4) is 11.8 Å². The molecule has 3 unspecified atom stereocenters. The van der Waals surface area contributed by atoms with Crippen LogP contribution in [0.25, 0.3) is 0 Å². The van der Waals surface area contributed by atoms with Crippen molar-refractivity contribution in [2.24, 2.45) is 0 Å². The van der Waals surface area contributed by atoms with Crippen molar-refractivity contribution >= 4 is 5.82 Å². The maximum atomic E-state index is 12.0. The van der Waals surface area contributed by atoms with E-state index in [-0.39, 0.29) is 18.8 Å². The summed E-state index contributed by atoms with van der Waals surface area (Å²) in [7, 11) is 0. The molecule has 0 spiro atoms. The molecule has 1 aliphatic heterocycles. The summed E-state index contributed by atoms with van der Waals surface area (Å²) in [4.78, 5) is 15.8. The molecule has 1 saturated heterocycles. The first-order valence-electron chi connectivity index (χ1n) is 7.88. The van der Waals surface area contributed by atoms with Gasteiger partial charge in [-0.25, -0.2) is 4.79 Å². The lowest BCUT2D eigenvalue weighted by atomic mass is 10.2. The first-order valence-corrected chi connectivity index (χ1v) is 7.88. The van der Waals surface area contributed by atoms with Crippen LogP contribution >= 0.6 is 0 Å². The van der Waals surface area contributed by atoms with E-state index in [0.717, 1.165) is 25.7 Å². The molecule has 0 aliphatic carbocycles. The second-order valence-electron chi connectivity index (χ2n) is 5.62. The molecule has 23 heavy (non-hydrogen) atoms. The zero-order chi connectivity index (χ0) is 16.8. The predicted octanol–water partition coefficient (Wildman–Crippen LogP) is 0.398. The first kappa shape index (κ1) is 17.5. The minimum absolute atomic E-state index is 0.0698.